The number of carbonyl (C=O) groups excluding carboxylic acids is 2. The number of rotatable bonds is 9. The van der Waals surface area contributed by atoms with Gasteiger partial charge in [-0.05, 0) is 50.6 Å². The van der Waals surface area contributed by atoms with Crippen molar-refractivity contribution in [1.29, 1.82) is 0 Å². The summed E-state index contributed by atoms with van der Waals surface area (Å²) in [6.07, 6.45) is 1.63. The van der Waals surface area contributed by atoms with Crippen LogP contribution >= 0.6 is 11.6 Å². The number of fused-ring (bicyclic) bond motifs is 1. The number of carbonyl (C=O) groups is 2. The molecular weight excluding hydrogens is 608 g/mol. The zero-order chi connectivity index (χ0) is 32.2. The maximum atomic E-state index is 13.4. The van der Waals surface area contributed by atoms with Crippen molar-refractivity contribution in [2.24, 2.45) is 0 Å². The van der Waals surface area contributed by atoms with Crippen molar-refractivity contribution >= 4 is 55.9 Å². The first kappa shape index (κ1) is 32.2. The molecule has 0 saturated carbocycles. The maximum absolute atomic E-state index is 13.4. The van der Waals surface area contributed by atoms with Gasteiger partial charge in [-0.25, -0.2) is 23.2 Å². The topological polar surface area (TPSA) is 172 Å². The van der Waals surface area contributed by atoms with Crippen LogP contribution in [0.4, 0.5) is 10.5 Å². The van der Waals surface area contributed by atoms with E-state index in [1.807, 2.05) is 30.3 Å². The Morgan fingerprint density at radius 2 is 1.82 bits per heavy atom. The summed E-state index contributed by atoms with van der Waals surface area (Å²) in [5.74, 6) is -0.447. The van der Waals surface area contributed by atoms with Gasteiger partial charge in [-0.3, -0.25) is 9.59 Å². The van der Waals surface area contributed by atoms with Crippen LogP contribution < -0.4 is 21.5 Å². The fourth-order valence-corrected chi connectivity index (χ4v) is 4.72. The van der Waals surface area contributed by atoms with Crippen molar-refractivity contribution in [3.63, 3.8) is 0 Å². The number of benzene rings is 2. The lowest BCUT2D eigenvalue weighted by atomic mass is 10.1. The van der Waals surface area contributed by atoms with Gasteiger partial charge in [-0.15, -0.1) is 0 Å². The number of halogens is 1. The van der Waals surface area contributed by atoms with Gasteiger partial charge >= 0.3 is 6.09 Å². The summed E-state index contributed by atoms with van der Waals surface area (Å²) in [6, 6.07) is 14.6. The Hall–Kier alpha value is -4.75. The number of pyridine rings is 1. The smallest absolute Gasteiger partial charge is 0.407 e. The highest BCUT2D eigenvalue weighted by atomic mass is 35.5. The second kappa shape index (κ2) is 12.9. The zero-order valence-electron chi connectivity index (χ0n) is 24.4. The van der Waals surface area contributed by atoms with Crippen LogP contribution in [-0.2, 0) is 14.6 Å². The van der Waals surface area contributed by atoms with Crippen LogP contribution in [0, 0.1) is 0 Å². The maximum Gasteiger partial charge on any atom is 0.407 e. The van der Waals surface area contributed by atoms with E-state index in [0.717, 1.165) is 11.8 Å². The number of ether oxygens (including phenoxy) is 1. The second-order valence-corrected chi connectivity index (χ2v) is 13.2. The number of hydrogen-bond acceptors (Lipinski definition) is 9. The summed E-state index contributed by atoms with van der Waals surface area (Å²) in [5, 5.41) is 8.82. The second-order valence-electron chi connectivity index (χ2n) is 10.9. The van der Waals surface area contributed by atoms with Crippen molar-refractivity contribution in [3.8, 4) is 0 Å². The summed E-state index contributed by atoms with van der Waals surface area (Å²) in [4.78, 5) is 48.8. The number of sulfone groups is 1. The van der Waals surface area contributed by atoms with E-state index in [1.54, 1.807) is 20.8 Å². The van der Waals surface area contributed by atoms with Gasteiger partial charge in [0, 0.05) is 35.6 Å². The average Bonchev–Trinajstić information content (AvgIpc) is 2.94. The molecule has 0 aliphatic rings. The molecule has 2 aromatic heterocycles. The van der Waals surface area contributed by atoms with Crippen molar-refractivity contribution in [2.75, 3.05) is 18.1 Å². The largest absolute Gasteiger partial charge is 0.444 e. The van der Waals surface area contributed by atoms with E-state index in [9.17, 15) is 22.8 Å². The molecule has 0 saturated heterocycles. The Morgan fingerprint density at radius 3 is 2.48 bits per heavy atom. The van der Waals surface area contributed by atoms with E-state index >= 15 is 0 Å². The summed E-state index contributed by atoms with van der Waals surface area (Å²) in [6.45, 7) is 9.27. The molecule has 1 unspecified atom stereocenters. The quantitative estimate of drug-likeness (QED) is 0.193. The molecule has 12 nitrogen and oxygen atoms in total. The average molecular weight is 639 g/mol. The van der Waals surface area contributed by atoms with Gasteiger partial charge in [-0.2, -0.15) is 0 Å². The number of H-pyrrole nitrogens is 1. The van der Waals surface area contributed by atoms with Gasteiger partial charge in [0.2, 0.25) is 15.0 Å². The lowest BCUT2D eigenvalue weighted by Crippen LogP contribution is -2.40. The molecule has 4 N–H and O–H groups in total. The molecular formula is C30H31ClN6O6S. The number of anilines is 1. The first-order chi connectivity index (χ1) is 20.6. The molecule has 44 heavy (non-hydrogen) atoms. The molecule has 14 heteroatoms. The van der Waals surface area contributed by atoms with Crippen molar-refractivity contribution in [2.45, 2.75) is 37.6 Å². The van der Waals surface area contributed by atoms with Crippen LogP contribution in [0.3, 0.4) is 0 Å². The Balaban J connectivity index is 1.54. The van der Waals surface area contributed by atoms with Crippen LogP contribution in [0.25, 0.3) is 16.7 Å². The fourth-order valence-electron chi connectivity index (χ4n) is 4.05. The standard InChI is InChI=1S/C30H31ClN6O6S/c1-17(21-13-20-15-32-28(44(5,41)42)37-25(20)36-27(21)39)34-23-14-19(11-12-22(23)31)26(38)35-24(18-9-7-6-8-10-18)16-33-29(40)43-30(2,3)4/h6-15,24,34H,1,16H2,2-5H3,(H,33,40)(H,35,38)(H,32,36,37,39). The highest BCUT2D eigenvalue weighted by molar-refractivity contribution is 7.90. The molecule has 2 amide bonds. The number of hydrogen-bond donors (Lipinski definition) is 4. The molecule has 4 rings (SSSR count). The minimum Gasteiger partial charge on any atom is -0.444 e. The van der Waals surface area contributed by atoms with E-state index < -0.39 is 44.2 Å². The Morgan fingerprint density at radius 1 is 1.11 bits per heavy atom. The monoisotopic (exact) mass is 638 g/mol. The van der Waals surface area contributed by atoms with Crippen molar-refractivity contribution in [1.82, 2.24) is 25.6 Å². The fraction of sp³-hybridized carbons (Fsp3) is 0.233. The molecule has 0 aliphatic heterocycles. The van der Waals surface area contributed by atoms with Gasteiger partial charge < -0.3 is 25.7 Å². The normalized spacial score (nSPS) is 12.3. The molecule has 0 aliphatic carbocycles. The molecule has 1 atom stereocenters. The van der Waals surface area contributed by atoms with Crippen LogP contribution in [-0.4, -0.2) is 53.8 Å². The van der Waals surface area contributed by atoms with Crippen LogP contribution in [0.1, 0.15) is 48.3 Å². The van der Waals surface area contributed by atoms with Crippen LogP contribution in [0.5, 0.6) is 0 Å². The Labute approximate surface area is 258 Å². The van der Waals surface area contributed by atoms with E-state index in [-0.39, 0.29) is 34.0 Å². The van der Waals surface area contributed by atoms with E-state index in [4.69, 9.17) is 16.3 Å². The predicted octanol–water partition coefficient (Wildman–Crippen LogP) is 4.45. The number of aromatic nitrogens is 3. The Bertz CT molecular complexity index is 1910. The van der Waals surface area contributed by atoms with Crippen molar-refractivity contribution < 1.29 is 22.7 Å². The first-order valence-corrected chi connectivity index (χ1v) is 15.6. The number of nitrogens with zero attached hydrogens (tertiary/aromatic N) is 2. The molecule has 2 heterocycles. The summed E-state index contributed by atoms with van der Waals surface area (Å²) >= 11 is 6.41. The number of alkyl carbamates (subject to hydrolysis) is 1. The minimum atomic E-state index is -3.67. The minimum absolute atomic E-state index is 0.0489. The molecule has 2 aromatic carbocycles. The molecule has 0 radical (unpaired) electrons. The van der Waals surface area contributed by atoms with E-state index in [1.165, 1.54) is 30.5 Å². The van der Waals surface area contributed by atoms with E-state index in [0.29, 0.717) is 11.1 Å². The molecule has 4 aromatic rings. The van der Waals surface area contributed by atoms with Gasteiger partial charge in [0.1, 0.15) is 11.2 Å². The molecule has 0 spiro atoms. The summed E-state index contributed by atoms with van der Waals surface area (Å²) < 4.78 is 28.9. The number of aromatic amines is 1. The third kappa shape index (κ3) is 8.20. The molecule has 0 bridgehead atoms. The van der Waals surface area contributed by atoms with Gasteiger partial charge in [0.05, 0.1) is 22.3 Å². The number of amides is 2. The third-order valence-corrected chi connectivity index (χ3v) is 7.29. The van der Waals surface area contributed by atoms with Crippen LogP contribution in [0.2, 0.25) is 5.02 Å². The predicted molar refractivity (Wildman–Crippen MR) is 168 cm³/mol. The lowest BCUT2D eigenvalue weighted by Gasteiger charge is -2.23. The highest BCUT2D eigenvalue weighted by Gasteiger charge is 2.21. The first-order valence-electron chi connectivity index (χ1n) is 13.3. The van der Waals surface area contributed by atoms with Gasteiger partial charge in [0.15, 0.2) is 0 Å². The Kier molecular flexibility index (Phi) is 9.40. The highest BCUT2D eigenvalue weighted by Crippen LogP contribution is 2.27. The SMILES string of the molecule is C=C(Nc1cc(C(=O)NC(CNC(=O)OC(C)(C)C)c2ccccc2)ccc1Cl)c1cc2cnc(S(C)(=O)=O)nc2[nH]c1=O. The van der Waals surface area contributed by atoms with E-state index in [2.05, 4.69) is 37.5 Å². The summed E-state index contributed by atoms with van der Waals surface area (Å²) in [5.41, 5.74) is 0.377. The van der Waals surface area contributed by atoms with Gasteiger partial charge in [-0.1, -0.05) is 48.5 Å². The third-order valence-electron chi connectivity index (χ3n) is 6.10. The molecule has 0 fully saturated rings. The van der Waals surface area contributed by atoms with Crippen molar-refractivity contribution in [3.05, 3.63) is 99.4 Å². The zero-order valence-corrected chi connectivity index (χ0v) is 26.0. The van der Waals surface area contributed by atoms with Gasteiger partial charge in [0.25, 0.3) is 11.5 Å². The lowest BCUT2D eigenvalue weighted by molar-refractivity contribution is 0.0520. The summed E-state index contributed by atoms with van der Waals surface area (Å²) in [7, 11) is -3.67. The molecule has 230 valence electrons. The number of nitrogens with one attached hydrogen (secondary N) is 4. The van der Waals surface area contributed by atoms with Crippen LogP contribution in [0.15, 0.2) is 77.3 Å².